The molecule has 0 radical (unpaired) electrons. The Morgan fingerprint density at radius 3 is 2.71 bits per heavy atom. The number of nitrogens with zero attached hydrogens (tertiary/aromatic N) is 2. The van der Waals surface area contributed by atoms with Crippen LogP contribution < -0.4 is 0 Å². The van der Waals surface area contributed by atoms with Gasteiger partial charge in [0.05, 0.1) is 23.0 Å². The van der Waals surface area contributed by atoms with Crippen molar-refractivity contribution in [3.63, 3.8) is 0 Å². The van der Waals surface area contributed by atoms with Crippen LogP contribution in [0.4, 0.5) is 4.39 Å². The number of alkyl halides is 1. The molecule has 0 bridgehead atoms. The van der Waals surface area contributed by atoms with Gasteiger partial charge in [-0.25, -0.2) is 9.37 Å². The first-order valence-corrected chi connectivity index (χ1v) is 7.34. The molecule has 3 aromatic rings. The van der Waals surface area contributed by atoms with Crippen molar-refractivity contribution in [2.24, 2.45) is 0 Å². The van der Waals surface area contributed by atoms with E-state index in [0.29, 0.717) is 5.52 Å². The number of aromatic nitrogens is 2. The van der Waals surface area contributed by atoms with Gasteiger partial charge in [-0.3, -0.25) is 0 Å². The van der Waals surface area contributed by atoms with E-state index >= 15 is 0 Å². The highest BCUT2D eigenvalue weighted by Crippen LogP contribution is 2.30. The molecule has 0 aliphatic rings. The third-order valence-corrected chi connectivity index (χ3v) is 4.00. The summed E-state index contributed by atoms with van der Waals surface area (Å²) in [5, 5.41) is 0. The van der Waals surface area contributed by atoms with Crippen molar-refractivity contribution >= 4 is 22.6 Å². The second-order valence-corrected chi connectivity index (χ2v) is 5.48. The van der Waals surface area contributed by atoms with E-state index in [9.17, 15) is 4.39 Å². The standard InChI is InChI=1S/C16H16ClFN2O/c1-9-6-13(11(3)21-9)10(2)20-15-5-4-12(18)7-14(15)19-16(20)8-17/h4-7,10H,8H2,1-3H3. The van der Waals surface area contributed by atoms with Gasteiger partial charge in [-0.15, -0.1) is 11.6 Å². The fraction of sp³-hybridized carbons (Fsp3) is 0.312. The van der Waals surface area contributed by atoms with Crippen LogP contribution in [0.1, 0.15) is 35.9 Å². The zero-order valence-electron chi connectivity index (χ0n) is 12.2. The van der Waals surface area contributed by atoms with Crippen LogP contribution in [0.2, 0.25) is 0 Å². The second-order valence-electron chi connectivity index (χ2n) is 5.21. The van der Waals surface area contributed by atoms with Crippen molar-refractivity contribution in [2.45, 2.75) is 32.7 Å². The Hall–Kier alpha value is -1.81. The number of furan rings is 1. The summed E-state index contributed by atoms with van der Waals surface area (Å²) in [4.78, 5) is 4.44. The Kier molecular flexibility index (Phi) is 3.49. The molecule has 0 saturated heterocycles. The van der Waals surface area contributed by atoms with Crippen LogP contribution in [0.3, 0.4) is 0 Å². The summed E-state index contributed by atoms with van der Waals surface area (Å²) in [7, 11) is 0. The molecule has 0 aliphatic carbocycles. The van der Waals surface area contributed by atoms with Gasteiger partial charge in [0, 0.05) is 11.6 Å². The minimum atomic E-state index is -0.295. The summed E-state index contributed by atoms with van der Waals surface area (Å²) in [6.07, 6.45) is 0. The lowest BCUT2D eigenvalue weighted by molar-refractivity contribution is 0.494. The van der Waals surface area contributed by atoms with E-state index in [0.717, 1.165) is 28.4 Å². The summed E-state index contributed by atoms with van der Waals surface area (Å²) >= 11 is 6.02. The smallest absolute Gasteiger partial charge is 0.125 e. The van der Waals surface area contributed by atoms with Crippen molar-refractivity contribution in [2.75, 3.05) is 0 Å². The van der Waals surface area contributed by atoms with E-state index in [2.05, 4.69) is 11.9 Å². The number of fused-ring (bicyclic) bond motifs is 1. The van der Waals surface area contributed by atoms with Crippen LogP contribution in [0, 0.1) is 19.7 Å². The number of halogens is 2. The molecule has 21 heavy (non-hydrogen) atoms. The van der Waals surface area contributed by atoms with Gasteiger partial charge in [-0.2, -0.15) is 0 Å². The quantitative estimate of drug-likeness (QED) is 0.655. The molecule has 1 atom stereocenters. The Morgan fingerprint density at radius 2 is 2.10 bits per heavy atom. The molecule has 0 fully saturated rings. The lowest BCUT2D eigenvalue weighted by Crippen LogP contribution is -2.10. The molecule has 2 aromatic heterocycles. The highest BCUT2D eigenvalue weighted by molar-refractivity contribution is 6.16. The van der Waals surface area contributed by atoms with E-state index in [-0.39, 0.29) is 17.7 Å². The van der Waals surface area contributed by atoms with Crippen LogP contribution in [0.25, 0.3) is 11.0 Å². The number of hydrogen-bond donors (Lipinski definition) is 0. The highest BCUT2D eigenvalue weighted by Gasteiger charge is 2.20. The van der Waals surface area contributed by atoms with Gasteiger partial charge in [0.25, 0.3) is 0 Å². The van der Waals surface area contributed by atoms with Crippen molar-refractivity contribution in [1.29, 1.82) is 0 Å². The average molecular weight is 307 g/mol. The molecule has 1 aromatic carbocycles. The van der Waals surface area contributed by atoms with Crippen LogP contribution in [0.5, 0.6) is 0 Å². The zero-order valence-corrected chi connectivity index (χ0v) is 12.9. The molecule has 0 aliphatic heterocycles. The summed E-state index contributed by atoms with van der Waals surface area (Å²) < 4.78 is 21.0. The predicted molar refractivity (Wildman–Crippen MR) is 81.2 cm³/mol. The largest absolute Gasteiger partial charge is 0.466 e. The van der Waals surface area contributed by atoms with Gasteiger partial charge in [0.1, 0.15) is 23.2 Å². The Bertz CT molecular complexity index is 806. The summed E-state index contributed by atoms with van der Waals surface area (Å²) in [6.45, 7) is 5.93. The fourth-order valence-electron chi connectivity index (χ4n) is 2.85. The molecule has 1 unspecified atom stereocenters. The molecule has 2 heterocycles. The Balaban J connectivity index is 2.20. The molecule has 110 valence electrons. The normalized spacial score (nSPS) is 13.0. The van der Waals surface area contributed by atoms with Crippen LogP contribution >= 0.6 is 11.6 Å². The van der Waals surface area contributed by atoms with Crippen molar-refractivity contribution in [1.82, 2.24) is 9.55 Å². The first-order valence-electron chi connectivity index (χ1n) is 6.80. The number of benzene rings is 1. The minimum Gasteiger partial charge on any atom is -0.466 e. The summed E-state index contributed by atoms with van der Waals surface area (Å²) in [5.41, 5.74) is 2.58. The van der Waals surface area contributed by atoms with Crippen molar-refractivity contribution in [3.8, 4) is 0 Å². The maximum Gasteiger partial charge on any atom is 0.125 e. The first-order chi connectivity index (χ1) is 10.0. The third-order valence-electron chi connectivity index (χ3n) is 3.76. The van der Waals surface area contributed by atoms with Gasteiger partial charge in [-0.05, 0) is 39.0 Å². The molecule has 3 nitrogen and oxygen atoms in total. The van der Waals surface area contributed by atoms with Crippen LogP contribution in [0.15, 0.2) is 28.7 Å². The number of imidazole rings is 1. The molecular weight excluding hydrogens is 291 g/mol. The lowest BCUT2D eigenvalue weighted by Gasteiger charge is -2.16. The van der Waals surface area contributed by atoms with E-state index in [4.69, 9.17) is 16.0 Å². The fourth-order valence-corrected chi connectivity index (χ4v) is 3.04. The van der Waals surface area contributed by atoms with Crippen molar-refractivity contribution < 1.29 is 8.81 Å². The Morgan fingerprint density at radius 1 is 1.33 bits per heavy atom. The van der Waals surface area contributed by atoms with Gasteiger partial charge < -0.3 is 8.98 Å². The summed E-state index contributed by atoms with van der Waals surface area (Å²) in [6, 6.07) is 6.66. The average Bonchev–Trinajstić information content (AvgIpc) is 2.97. The highest BCUT2D eigenvalue weighted by atomic mass is 35.5. The van der Waals surface area contributed by atoms with Gasteiger partial charge in [0.15, 0.2) is 0 Å². The van der Waals surface area contributed by atoms with E-state index < -0.39 is 0 Å². The minimum absolute atomic E-state index is 0.0201. The van der Waals surface area contributed by atoms with E-state index in [1.54, 1.807) is 6.07 Å². The van der Waals surface area contributed by atoms with Gasteiger partial charge in [0.2, 0.25) is 0 Å². The summed E-state index contributed by atoms with van der Waals surface area (Å²) in [5.74, 6) is 2.46. The molecule has 0 N–H and O–H groups in total. The lowest BCUT2D eigenvalue weighted by atomic mass is 10.1. The number of aryl methyl sites for hydroxylation is 2. The van der Waals surface area contributed by atoms with Gasteiger partial charge >= 0.3 is 0 Å². The number of rotatable bonds is 3. The number of hydrogen-bond acceptors (Lipinski definition) is 2. The van der Waals surface area contributed by atoms with Gasteiger partial charge in [-0.1, -0.05) is 0 Å². The van der Waals surface area contributed by atoms with E-state index in [1.165, 1.54) is 12.1 Å². The third kappa shape index (κ3) is 2.33. The van der Waals surface area contributed by atoms with Crippen LogP contribution in [-0.2, 0) is 5.88 Å². The maximum absolute atomic E-state index is 13.4. The molecule has 0 amide bonds. The van der Waals surface area contributed by atoms with Crippen LogP contribution in [-0.4, -0.2) is 9.55 Å². The predicted octanol–water partition coefficient (Wildman–Crippen LogP) is 4.73. The Labute approximate surface area is 127 Å². The molecule has 5 heteroatoms. The molecule has 0 spiro atoms. The zero-order chi connectivity index (χ0) is 15.1. The molecular formula is C16H16ClFN2O. The molecule has 0 saturated carbocycles. The first kappa shape index (κ1) is 14.1. The monoisotopic (exact) mass is 306 g/mol. The second kappa shape index (κ2) is 5.19. The van der Waals surface area contributed by atoms with E-state index in [1.807, 2.05) is 24.5 Å². The topological polar surface area (TPSA) is 31.0 Å². The maximum atomic E-state index is 13.4. The molecule has 3 rings (SSSR count). The van der Waals surface area contributed by atoms with Crippen molar-refractivity contribution in [3.05, 3.63) is 53.0 Å². The SMILES string of the molecule is Cc1cc(C(C)n2c(CCl)nc3cc(F)ccc32)c(C)o1.